The van der Waals surface area contributed by atoms with Gasteiger partial charge >= 0.3 is 0 Å². The molecule has 1 nitrogen and oxygen atoms in total. The highest BCUT2D eigenvalue weighted by molar-refractivity contribution is 6.36. The third kappa shape index (κ3) is 3.06. The van der Waals surface area contributed by atoms with Crippen LogP contribution >= 0.6 is 34.8 Å². The van der Waals surface area contributed by atoms with Crippen molar-refractivity contribution < 1.29 is 0 Å². The lowest BCUT2D eigenvalue weighted by atomic mass is 10.0. The van der Waals surface area contributed by atoms with Gasteiger partial charge in [-0.25, -0.2) is 0 Å². The summed E-state index contributed by atoms with van der Waals surface area (Å²) in [6, 6.07) is 11.0. The predicted molar refractivity (Wildman–Crippen MR) is 75.1 cm³/mol. The van der Waals surface area contributed by atoms with Crippen molar-refractivity contribution in [3.8, 4) is 0 Å². The highest BCUT2D eigenvalue weighted by Crippen LogP contribution is 2.30. The fourth-order valence-corrected chi connectivity index (χ4v) is 2.36. The minimum atomic E-state index is 0.569. The van der Waals surface area contributed by atoms with E-state index in [2.05, 4.69) is 0 Å². The monoisotopic (exact) mass is 285 g/mol. The summed E-state index contributed by atoms with van der Waals surface area (Å²) in [7, 11) is 0. The molecule has 4 heteroatoms. The molecule has 0 fully saturated rings. The average Bonchev–Trinajstić information content (AvgIpc) is 2.26. The Morgan fingerprint density at radius 1 is 0.882 bits per heavy atom. The van der Waals surface area contributed by atoms with E-state index in [0.29, 0.717) is 27.2 Å². The molecule has 0 aliphatic rings. The van der Waals surface area contributed by atoms with E-state index in [-0.39, 0.29) is 0 Å². The van der Waals surface area contributed by atoms with Crippen LogP contribution < -0.4 is 5.73 Å². The highest BCUT2D eigenvalue weighted by atomic mass is 35.5. The summed E-state index contributed by atoms with van der Waals surface area (Å²) in [5, 5.41) is 1.89. The van der Waals surface area contributed by atoms with Crippen LogP contribution in [0.15, 0.2) is 36.4 Å². The van der Waals surface area contributed by atoms with Crippen LogP contribution in [-0.2, 0) is 6.42 Å². The van der Waals surface area contributed by atoms with Gasteiger partial charge in [0.15, 0.2) is 0 Å². The Hall–Kier alpha value is -0.890. The van der Waals surface area contributed by atoms with Gasteiger partial charge in [0, 0.05) is 27.2 Å². The largest absolute Gasteiger partial charge is 0.399 e. The van der Waals surface area contributed by atoms with Gasteiger partial charge < -0.3 is 5.73 Å². The van der Waals surface area contributed by atoms with Gasteiger partial charge in [0.1, 0.15) is 0 Å². The van der Waals surface area contributed by atoms with Crippen molar-refractivity contribution in [3.63, 3.8) is 0 Å². The number of hydrogen-bond acceptors (Lipinski definition) is 1. The van der Waals surface area contributed by atoms with Gasteiger partial charge in [-0.2, -0.15) is 0 Å². The first kappa shape index (κ1) is 12.6. The zero-order valence-corrected chi connectivity index (χ0v) is 11.2. The molecule has 0 atom stereocenters. The molecule has 0 heterocycles. The second-order valence-electron chi connectivity index (χ2n) is 3.77. The number of halogens is 3. The van der Waals surface area contributed by atoms with E-state index in [1.807, 2.05) is 24.3 Å². The van der Waals surface area contributed by atoms with Crippen LogP contribution in [0.1, 0.15) is 11.1 Å². The molecule has 0 radical (unpaired) electrons. The first-order chi connectivity index (χ1) is 8.06. The summed E-state index contributed by atoms with van der Waals surface area (Å²) in [6.07, 6.45) is 0.662. The van der Waals surface area contributed by atoms with E-state index in [9.17, 15) is 0 Å². The lowest BCUT2D eigenvalue weighted by Gasteiger charge is -2.08. The Balaban J connectivity index is 2.33. The molecular weight excluding hydrogens is 277 g/mol. The summed E-state index contributed by atoms with van der Waals surface area (Å²) in [5.41, 5.74) is 8.20. The molecule has 2 aromatic rings. The highest BCUT2D eigenvalue weighted by Gasteiger charge is 2.08. The first-order valence-corrected chi connectivity index (χ1v) is 6.17. The summed E-state index contributed by atoms with van der Waals surface area (Å²) in [4.78, 5) is 0. The molecule has 17 heavy (non-hydrogen) atoms. The molecule has 2 aromatic carbocycles. The number of hydrogen-bond donors (Lipinski definition) is 1. The van der Waals surface area contributed by atoms with Crippen LogP contribution in [0.25, 0.3) is 0 Å². The lowest BCUT2D eigenvalue weighted by Crippen LogP contribution is -1.93. The normalized spacial score (nSPS) is 10.5. The molecule has 0 saturated carbocycles. The quantitative estimate of drug-likeness (QED) is 0.787. The van der Waals surface area contributed by atoms with E-state index in [4.69, 9.17) is 40.5 Å². The molecule has 0 unspecified atom stereocenters. The average molecular weight is 287 g/mol. The topological polar surface area (TPSA) is 26.0 Å². The fourth-order valence-electron chi connectivity index (χ4n) is 1.60. The van der Waals surface area contributed by atoms with Crippen molar-refractivity contribution in [1.29, 1.82) is 0 Å². The molecule has 0 aliphatic carbocycles. The van der Waals surface area contributed by atoms with Crippen LogP contribution in [0.5, 0.6) is 0 Å². The fraction of sp³-hybridized carbons (Fsp3) is 0.0769. The molecule has 2 rings (SSSR count). The van der Waals surface area contributed by atoms with Crippen molar-refractivity contribution >= 4 is 40.5 Å². The van der Waals surface area contributed by atoms with Crippen LogP contribution in [-0.4, -0.2) is 0 Å². The Morgan fingerprint density at radius 2 is 1.41 bits per heavy atom. The Bertz CT molecular complexity index is 512. The third-order valence-corrected chi connectivity index (χ3v) is 3.38. The maximum absolute atomic E-state index is 6.13. The number of rotatable bonds is 2. The molecule has 2 N–H and O–H groups in total. The van der Waals surface area contributed by atoms with Gasteiger partial charge in [-0.15, -0.1) is 0 Å². The second kappa shape index (κ2) is 5.18. The van der Waals surface area contributed by atoms with E-state index >= 15 is 0 Å². The van der Waals surface area contributed by atoms with Gasteiger partial charge in [0.2, 0.25) is 0 Å². The molecule has 0 aliphatic heterocycles. The molecule has 0 saturated heterocycles. The van der Waals surface area contributed by atoms with Crippen LogP contribution in [0, 0.1) is 0 Å². The number of nitrogen functional groups attached to an aromatic ring is 1. The second-order valence-corrected chi connectivity index (χ2v) is 5.02. The minimum Gasteiger partial charge on any atom is -0.399 e. The summed E-state index contributed by atoms with van der Waals surface area (Å²) < 4.78 is 0. The van der Waals surface area contributed by atoms with Crippen molar-refractivity contribution in [2.24, 2.45) is 0 Å². The van der Waals surface area contributed by atoms with E-state index in [0.717, 1.165) is 11.1 Å². The van der Waals surface area contributed by atoms with Crippen LogP contribution in [0.4, 0.5) is 5.69 Å². The smallest absolute Gasteiger partial charge is 0.0476 e. The van der Waals surface area contributed by atoms with Gasteiger partial charge in [-0.05, 0) is 35.4 Å². The molecule has 0 spiro atoms. The van der Waals surface area contributed by atoms with Gasteiger partial charge in [0.05, 0.1) is 0 Å². The standard InChI is InChI=1S/C13H10Cl3N/c14-9-3-1-8(2-4-9)5-11-12(15)6-10(17)7-13(11)16/h1-4,6-7H,5,17H2. The first-order valence-electron chi connectivity index (χ1n) is 5.04. The SMILES string of the molecule is Nc1cc(Cl)c(Cc2ccc(Cl)cc2)c(Cl)c1. The van der Waals surface area contributed by atoms with E-state index in [1.165, 1.54) is 0 Å². The predicted octanol–water partition coefficient (Wildman–Crippen LogP) is 4.82. The molecule has 0 amide bonds. The molecule has 0 aromatic heterocycles. The van der Waals surface area contributed by atoms with Gasteiger partial charge in [-0.1, -0.05) is 46.9 Å². The van der Waals surface area contributed by atoms with E-state index < -0.39 is 0 Å². The summed E-state index contributed by atoms with van der Waals surface area (Å²) >= 11 is 18.1. The number of nitrogens with two attached hydrogens (primary N) is 1. The van der Waals surface area contributed by atoms with Gasteiger partial charge in [-0.3, -0.25) is 0 Å². The Morgan fingerprint density at radius 3 is 1.94 bits per heavy atom. The van der Waals surface area contributed by atoms with Crippen molar-refractivity contribution in [2.75, 3.05) is 5.73 Å². The van der Waals surface area contributed by atoms with Gasteiger partial charge in [0.25, 0.3) is 0 Å². The third-order valence-electron chi connectivity index (χ3n) is 2.46. The van der Waals surface area contributed by atoms with Crippen molar-refractivity contribution in [3.05, 3.63) is 62.6 Å². The van der Waals surface area contributed by atoms with Crippen molar-refractivity contribution in [1.82, 2.24) is 0 Å². The molecule has 88 valence electrons. The maximum atomic E-state index is 6.13. The molecular formula is C13H10Cl3N. The number of benzene rings is 2. The zero-order chi connectivity index (χ0) is 12.4. The maximum Gasteiger partial charge on any atom is 0.0476 e. The minimum absolute atomic E-state index is 0.569. The number of anilines is 1. The summed E-state index contributed by atoms with van der Waals surface area (Å²) in [5.74, 6) is 0. The van der Waals surface area contributed by atoms with Crippen molar-refractivity contribution in [2.45, 2.75) is 6.42 Å². The Kier molecular flexibility index (Phi) is 3.82. The van der Waals surface area contributed by atoms with E-state index in [1.54, 1.807) is 12.1 Å². The molecule has 0 bridgehead atoms. The Labute approximate surface area is 115 Å². The van der Waals surface area contributed by atoms with Crippen LogP contribution in [0.3, 0.4) is 0 Å². The lowest BCUT2D eigenvalue weighted by molar-refractivity contribution is 1.19. The zero-order valence-electron chi connectivity index (χ0n) is 8.88. The summed E-state index contributed by atoms with van der Waals surface area (Å²) in [6.45, 7) is 0. The van der Waals surface area contributed by atoms with Crippen LogP contribution in [0.2, 0.25) is 15.1 Å².